The Hall–Kier alpha value is -1.95. The van der Waals surface area contributed by atoms with Crippen LogP contribution in [0, 0.1) is 0 Å². The molecule has 0 spiro atoms. The minimum atomic E-state index is -0.213. The summed E-state index contributed by atoms with van der Waals surface area (Å²) in [6, 6.07) is 7.88. The topological polar surface area (TPSA) is 66.9 Å². The lowest BCUT2D eigenvalue weighted by atomic mass is 10.2. The standard InChI is InChI=1S/C16H17BrN4O/c17-12-5-7-14(8-6-12)20-15(22)11-9-18-16(19-10-11)21-13-3-1-2-4-13/h5-10,13H,1-4H2,(H,20,22)(H,18,19,21). The Morgan fingerprint density at radius 3 is 2.36 bits per heavy atom. The van der Waals surface area contributed by atoms with Crippen LogP contribution < -0.4 is 10.6 Å². The van der Waals surface area contributed by atoms with Crippen LogP contribution >= 0.6 is 15.9 Å². The Labute approximate surface area is 137 Å². The minimum Gasteiger partial charge on any atom is -0.351 e. The zero-order valence-corrected chi connectivity index (χ0v) is 13.6. The van der Waals surface area contributed by atoms with Crippen LogP contribution in [0.15, 0.2) is 41.1 Å². The van der Waals surface area contributed by atoms with Gasteiger partial charge in [-0.1, -0.05) is 28.8 Å². The lowest BCUT2D eigenvalue weighted by molar-refractivity contribution is 0.102. The Morgan fingerprint density at radius 2 is 1.73 bits per heavy atom. The van der Waals surface area contributed by atoms with Gasteiger partial charge < -0.3 is 10.6 Å². The van der Waals surface area contributed by atoms with Gasteiger partial charge in [0.1, 0.15) is 0 Å². The van der Waals surface area contributed by atoms with E-state index in [4.69, 9.17) is 0 Å². The third kappa shape index (κ3) is 3.82. The van der Waals surface area contributed by atoms with E-state index >= 15 is 0 Å². The summed E-state index contributed by atoms with van der Waals surface area (Å²) >= 11 is 3.36. The largest absolute Gasteiger partial charge is 0.351 e. The average molecular weight is 361 g/mol. The molecule has 1 aliphatic carbocycles. The third-order valence-electron chi connectivity index (χ3n) is 3.70. The maximum atomic E-state index is 12.1. The molecule has 2 N–H and O–H groups in total. The van der Waals surface area contributed by atoms with Crippen molar-refractivity contribution in [2.24, 2.45) is 0 Å². The zero-order valence-electron chi connectivity index (χ0n) is 12.1. The number of carbonyl (C=O) groups excluding carboxylic acids is 1. The number of hydrogen-bond acceptors (Lipinski definition) is 4. The fourth-order valence-corrected chi connectivity index (χ4v) is 2.77. The number of benzene rings is 1. The predicted molar refractivity (Wildman–Crippen MR) is 90.0 cm³/mol. The molecule has 0 saturated heterocycles. The van der Waals surface area contributed by atoms with Crippen LogP contribution in [-0.2, 0) is 0 Å². The van der Waals surface area contributed by atoms with Gasteiger partial charge in [-0.3, -0.25) is 4.79 Å². The van der Waals surface area contributed by atoms with Crippen molar-refractivity contribution in [2.75, 3.05) is 10.6 Å². The van der Waals surface area contributed by atoms with E-state index in [1.165, 1.54) is 12.8 Å². The van der Waals surface area contributed by atoms with Crippen molar-refractivity contribution < 1.29 is 4.79 Å². The molecule has 0 radical (unpaired) electrons. The molecule has 22 heavy (non-hydrogen) atoms. The van der Waals surface area contributed by atoms with Crippen molar-refractivity contribution in [1.82, 2.24) is 9.97 Å². The van der Waals surface area contributed by atoms with E-state index in [9.17, 15) is 4.79 Å². The molecule has 3 rings (SSSR count). The fraction of sp³-hybridized carbons (Fsp3) is 0.312. The molecule has 0 bridgehead atoms. The summed E-state index contributed by atoms with van der Waals surface area (Å²) in [5.41, 5.74) is 1.18. The summed E-state index contributed by atoms with van der Waals surface area (Å²) in [6.07, 6.45) is 7.94. The lowest BCUT2D eigenvalue weighted by Gasteiger charge is -2.11. The van der Waals surface area contributed by atoms with Crippen molar-refractivity contribution in [2.45, 2.75) is 31.7 Å². The zero-order chi connectivity index (χ0) is 15.4. The minimum absolute atomic E-state index is 0.213. The summed E-state index contributed by atoms with van der Waals surface area (Å²) in [5, 5.41) is 6.12. The van der Waals surface area contributed by atoms with Crippen molar-refractivity contribution in [3.63, 3.8) is 0 Å². The molecule has 1 aromatic heterocycles. The highest BCUT2D eigenvalue weighted by Crippen LogP contribution is 2.20. The number of nitrogens with zero attached hydrogens (tertiary/aromatic N) is 2. The van der Waals surface area contributed by atoms with Crippen LogP contribution in [0.2, 0.25) is 0 Å². The first kappa shape index (κ1) is 15.0. The van der Waals surface area contributed by atoms with Gasteiger partial charge in [-0.05, 0) is 37.1 Å². The van der Waals surface area contributed by atoms with Crippen molar-refractivity contribution in [3.05, 3.63) is 46.7 Å². The molecule has 6 heteroatoms. The second kappa shape index (κ2) is 6.87. The van der Waals surface area contributed by atoms with E-state index in [0.29, 0.717) is 17.6 Å². The number of rotatable bonds is 4. The number of anilines is 2. The van der Waals surface area contributed by atoms with E-state index in [0.717, 1.165) is 23.0 Å². The maximum absolute atomic E-state index is 12.1. The van der Waals surface area contributed by atoms with Gasteiger partial charge in [-0.15, -0.1) is 0 Å². The molecule has 1 fully saturated rings. The molecule has 0 aliphatic heterocycles. The van der Waals surface area contributed by atoms with E-state index in [1.54, 1.807) is 12.4 Å². The molecular weight excluding hydrogens is 344 g/mol. The van der Waals surface area contributed by atoms with E-state index in [2.05, 4.69) is 36.5 Å². The lowest BCUT2D eigenvalue weighted by Crippen LogP contribution is -2.18. The van der Waals surface area contributed by atoms with Crippen LogP contribution in [0.1, 0.15) is 36.0 Å². The Kier molecular flexibility index (Phi) is 4.68. The Morgan fingerprint density at radius 1 is 1.09 bits per heavy atom. The van der Waals surface area contributed by atoms with Crippen LogP contribution in [0.25, 0.3) is 0 Å². The van der Waals surface area contributed by atoms with Crippen LogP contribution in [0.3, 0.4) is 0 Å². The van der Waals surface area contributed by atoms with Crippen LogP contribution in [-0.4, -0.2) is 21.9 Å². The molecule has 1 aliphatic rings. The SMILES string of the molecule is O=C(Nc1ccc(Br)cc1)c1cnc(NC2CCCC2)nc1. The molecule has 0 unspecified atom stereocenters. The van der Waals surface area contributed by atoms with E-state index in [1.807, 2.05) is 24.3 Å². The third-order valence-corrected chi connectivity index (χ3v) is 4.23. The molecule has 5 nitrogen and oxygen atoms in total. The highest BCUT2D eigenvalue weighted by Gasteiger charge is 2.15. The number of aromatic nitrogens is 2. The number of carbonyl (C=O) groups is 1. The summed E-state index contributed by atoms with van der Waals surface area (Å²) in [7, 11) is 0. The smallest absolute Gasteiger partial charge is 0.258 e. The van der Waals surface area contributed by atoms with Gasteiger partial charge in [-0.25, -0.2) is 9.97 Å². The van der Waals surface area contributed by atoms with Gasteiger partial charge in [0, 0.05) is 28.6 Å². The summed E-state index contributed by atoms with van der Waals surface area (Å²) in [5.74, 6) is 0.377. The monoisotopic (exact) mass is 360 g/mol. The van der Waals surface area contributed by atoms with Gasteiger partial charge in [-0.2, -0.15) is 0 Å². The summed E-state index contributed by atoms with van der Waals surface area (Å²) in [4.78, 5) is 20.6. The number of amides is 1. The first-order chi connectivity index (χ1) is 10.7. The summed E-state index contributed by atoms with van der Waals surface area (Å²) in [6.45, 7) is 0. The van der Waals surface area contributed by atoms with Gasteiger partial charge in [0.05, 0.1) is 5.56 Å². The van der Waals surface area contributed by atoms with Gasteiger partial charge in [0.15, 0.2) is 0 Å². The van der Waals surface area contributed by atoms with Crippen LogP contribution in [0.4, 0.5) is 11.6 Å². The van der Waals surface area contributed by atoms with Gasteiger partial charge in [0.2, 0.25) is 5.95 Å². The number of hydrogen-bond donors (Lipinski definition) is 2. The quantitative estimate of drug-likeness (QED) is 0.868. The van der Waals surface area contributed by atoms with E-state index < -0.39 is 0 Å². The molecule has 0 atom stereocenters. The molecule has 2 aromatic rings. The second-order valence-corrected chi connectivity index (χ2v) is 6.30. The molecule has 114 valence electrons. The number of halogens is 1. The Bertz CT molecular complexity index is 636. The van der Waals surface area contributed by atoms with E-state index in [-0.39, 0.29) is 5.91 Å². The Balaban J connectivity index is 1.61. The van der Waals surface area contributed by atoms with Crippen LogP contribution in [0.5, 0.6) is 0 Å². The summed E-state index contributed by atoms with van der Waals surface area (Å²) < 4.78 is 0.969. The second-order valence-electron chi connectivity index (χ2n) is 5.38. The number of nitrogens with one attached hydrogen (secondary N) is 2. The van der Waals surface area contributed by atoms with Gasteiger partial charge >= 0.3 is 0 Å². The highest BCUT2D eigenvalue weighted by atomic mass is 79.9. The molecule has 1 amide bonds. The fourth-order valence-electron chi connectivity index (χ4n) is 2.51. The molecule has 1 saturated carbocycles. The van der Waals surface area contributed by atoms with Crippen molar-refractivity contribution >= 4 is 33.5 Å². The van der Waals surface area contributed by atoms with Crippen molar-refractivity contribution in [1.29, 1.82) is 0 Å². The maximum Gasteiger partial charge on any atom is 0.258 e. The first-order valence-electron chi connectivity index (χ1n) is 7.36. The van der Waals surface area contributed by atoms with Gasteiger partial charge in [0.25, 0.3) is 5.91 Å². The highest BCUT2D eigenvalue weighted by molar-refractivity contribution is 9.10. The molecular formula is C16H17BrN4O. The predicted octanol–water partition coefficient (Wildman–Crippen LogP) is 3.85. The molecule has 1 aromatic carbocycles. The first-order valence-corrected chi connectivity index (χ1v) is 8.15. The average Bonchev–Trinajstić information content (AvgIpc) is 3.03. The van der Waals surface area contributed by atoms with Crippen molar-refractivity contribution in [3.8, 4) is 0 Å². The molecule has 1 heterocycles. The normalized spacial score (nSPS) is 14.8.